The molecule has 5 atom stereocenters. The van der Waals surface area contributed by atoms with Crippen LogP contribution in [0.5, 0.6) is 0 Å². The van der Waals surface area contributed by atoms with Gasteiger partial charge in [-0.3, -0.25) is 4.79 Å². The van der Waals surface area contributed by atoms with Gasteiger partial charge in [0.05, 0.1) is 18.7 Å². The first-order valence-electron chi connectivity index (χ1n) is 12.5. The number of carbonyl (C=O) groups is 1. The Morgan fingerprint density at radius 3 is 2.52 bits per heavy atom. The van der Waals surface area contributed by atoms with Gasteiger partial charge in [-0.15, -0.1) is 11.6 Å². The molecule has 4 aliphatic rings. The maximum absolute atomic E-state index is 13.4. The quantitative estimate of drug-likeness (QED) is 0.293. The lowest BCUT2D eigenvalue weighted by Gasteiger charge is -2.47. The molecule has 4 fully saturated rings. The molecule has 0 aromatic carbocycles. The molecule has 178 valence electrons. The van der Waals surface area contributed by atoms with Gasteiger partial charge >= 0.3 is 0 Å². The van der Waals surface area contributed by atoms with Crippen molar-refractivity contribution in [3.63, 3.8) is 0 Å². The molecule has 3 heterocycles. The van der Waals surface area contributed by atoms with Crippen molar-refractivity contribution in [3.05, 3.63) is 0 Å². The van der Waals surface area contributed by atoms with Crippen LogP contribution >= 0.6 is 11.6 Å². The Morgan fingerprint density at radius 1 is 1.16 bits per heavy atom. The van der Waals surface area contributed by atoms with Gasteiger partial charge in [-0.2, -0.15) is 0 Å². The number of ether oxygens (including phenoxy) is 2. The summed E-state index contributed by atoms with van der Waals surface area (Å²) in [5.74, 6) is 0.539. The number of carbonyl (C=O) groups excluding carboxylic acids is 1. The van der Waals surface area contributed by atoms with Gasteiger partial charge in [0, 0.05) is 24.6 Å². The van der Waals surface area contributed by atoms with Crippen molar-refractivity contribution in [1.29, 1.82) is 0 Å². The largest absolute Gasteiger partial charge is 0.412 e. The van der Waals surface area contributed by atoms with Crippen LogP contribution in [0.2, 0.25) is 18.1 Å². The second-order valence-electron chi connectivity index (χ2n) is 11.7. The Balaban J connectivity index is 1.56. The predicted molar refractivity (Wildman–Crippen MR) is 126 cm³/mol. The summed E-state index contributed by atoms with van der Waals surface area (Å²) in [4.78, 5) is 15.5. The summed E-state index contributed by atoms with van der Waals surface area (Å²) in [6.07, 6.45) is 9.16. The van der Waals surface area contributed by atoms with Crippen molar-refractivity contribution in [3.8, 4) is 0 Å². The van der Waals surface area contributed by atoms with Crippen LogP contribution in [0.3, 0.4) is 0 Å². The molecule has 0 unspecified atom stereocenters. The summed E-state index contributed by atoms with van der Waals surface area (Å²) in [6.45, 7) is 12.1. The number of hydrogen-bond donors (Lipinski definition) is 0. The summed E-state index contributed by atoms with van der Waals surface area (Å²) >= 11 is 5.90. The van der Waals surface area contributed by atoms with Crippen LogP contribution in [0.1, 0.15) is 78.6 Å². The third-order valence-electron chi connectivity index (χ3n) is 8.49. The molecule has 1 spiro atoms. The monoisotopic (exact) mass is 471 g/mol. The SMILES string of the molecule is CC(C)(C)[Si](C)(C)O[C@@H]1C[C@H](CCCCCl)C(=O)N2C[C@H]3OC4(CCCCC4)O[C@H]3[C@@H]12. The second kappa shape index (κ2) is 8.90. The van der Waals surface area contributed by atoms with Crippen LogP contribution < -0.4 is 0 Å². The van der Waals surface area contributed by atoms with Crippen molar-refractivity contribution in [1.82, 2.24) is 4.90 Å². The average Bonchev–Trinajstić information content (AvgIpc) is 3.19. The number of rotatable bonds is 6. The van der Waals surface area contributed by atoms with E-state index in [9.17, 15) is 4.79 Å². The molecule has 1 saturated carbocycles. The summed E-state index contributed by atoms with van der Waals surface area (Å²) in [5.41, 5.74) is 0. The standard InChI is InChI=1S/C24H42ClNO4Si/c1-23(2,3)31(4,5)30-18-15-17(11-7-10-14-25)22(27)26-16-19-21(20(18)26)29-24(28-19)12-8-6-9-13-24/h17-21H,6-16H2,1-5H3/t17-,18+,19+,20+,21+/m0/s1. The maximum Gasteiger partial charge on any atom is 0.226 e. The molecule has 0 bridgehead atoms. The van der Waals surface area contributed by atoms with Gasteiger partial charge in [0.25, 0.3) is 0 Å². The van der Waals surface area contributed by atoms with E-state index in [2.05, 4.69) is 38.8 Å². The number of hydrogen-bond acceptors (Lipinski definition) is 4. The molecule has 3 aliphatic heterocycles. The molecule has 0 N–H and O–H groups in total. The lowest BCUT2D eigenvalue weighted by molar-refractivity contribution is -0.212. The number of unbranched alkanes of at least 4 members (excludes halogenated alkanes) is 1. The molecule has 0 aromatic rings. The molecule has 1 amide bonds. The smallest absolute Gasteiger partial charge is 0.226 e. The highest BCUT2D eigenvalue weighted by Crippen LogP contribution is 2.49. The minimum Gasteiger partial charge on any atom is -0.412 e. The molecule has 3 saturated heterocycles. The molecule has 5 nitrogen and oxygen atoms in total. The molecular weight excluding hydrogens is 430 g/mol. The lowest BCUT2D eigenvalue weighted by Crippen LogP contribution is -2.60. The van der Waals surface area contributed by atoms with Crippen molar-refractivity contribution in [2.45, 2.75) is 127 Å². The van der Waals surface area contributed by atoms with Crippen molar-refractivity contribution >= 4 is 25.8 Å². The van der Waals surface area contributed by atoms with Gasteiger partial charge in [0.2, 0.25) is 5.91 Å². The predicted octanol–water partition coefficient (Wildman–Crippen LogP) is 5.46. The first kappa shape index (κ1) is 24.0. The zero-order valence-corrected chi connectivity index (χ0v) is 21.9. The Bertz CT molecular complexity index is 660. The third-order valence-corrected chi connectivity index (χ3v) is 13.3. The lowest BCUT2D eigenvalue weighted by atomic mass is 9.86. The van der Waals surface area contributed by atoms with Gasteiger partial charge in [-0.05, 0) is 50.2 Å². The van der Waals surface area contributed by atoms with Gasteiger partial charge in [-0.25, -0.2) is 0 Å². The Morgan fingerprint density at radius 2 is 1.87 bits per heavy atom. The third kappa shape index (κ3) is 4.61. The van der Waals surface area contributed by atoms with Crippen LogP contribution in [-0.2, 0) is 18.7 Å². The minimum atomic E-state index is -1.99. The molecule has 1 aliphatic carbocycles. The maximum atomic E-state index is 13.4. The highest BCUT2D eigenvalue weighted by Gasteiger charge is 2.61. The highest BCUT2D eigenvalue weighted by atomic mass is 35.5. The van der Waals surface area contributed by atoms with Crippen LogP contribution in [0, 0.1) is 5.92 Å². The molecule has 7 heteroatoms. The zero-order valence-electron chi connectivity index (χ0n) is 20.1. The fraction of sp³-hybridized carbons (Fsp3) is 0.958. The first-order valence-corrected chi connectivity index (χ1v) is 15.9. The molecule has 0 aromatic heterocycles. The Kier molecular flexibility index (Phi) is 6.89. The van der Waals surface area contributed by atoms with Crippen LogP contribution in [0.15, 0.2) is 0 Å². The van der Waals surface area contributed by atoms with Gasteiger partial charge in [0.15, 0.2) is 14.1 Å². The van der Waals surface area contributed by atoms with Crippen molar-refractivity contribution in [2.24, 2.45) is 5.92 Å². The number of amides is 1. The van der Waals surface area contributed by atoms with Crippen LogP contribution in [0.25, 0.3) is 0 Å². The highest BCUT2D eigenvalue weighted by molar-refractivity contribution is 6.74. The number of alkyl halides is 1. The summed E-state index contributed by atoms with van der Waals surface area (Å²) in [6, 6.07) is -0.0165. The van der Waals surface area contributed by atoms with Gasteiger partial charge < -0.3 is 18.8 Å². The molecule has 31 heavy (non-hydrogen) atoms. The van der Waals surface area contributed by atoms with E-state index in [1.54, 1.807) is 0 Å². The fourth-order valence-electron chi connectivity index (χ4n) is 5.75. The number of fused-ring (bicyclic) bond motifs is 3. The van der Waals surface area contributed by atoms with Crippen molar-refractivity contribution < 1.29 is 18.7 Å². The average molecular weight is 472 g/mol. The Labute approximate surface area is 194 Å². The van der Waals surface area contributed by atoms with Crippen LogP contribution in [-0.4, -0.2) is 61.7 Å². The second-order valence-corrected chi connectivity index (χ2v) is 16.9. The minimum absolute atomic E-state index is 0.0147. The van der Waals surface area contributed by atoms with E-state index in [0.29, 0.717) is 12.4 Å². The van der Waals surface area contributed by atoms with E-state index in [1.807, 2.05) is 0 Å². The Hall–Kier alpha value is -0.143. The zero-order chi connectivity index (χ0) is 22.4. The molecule has 4 rings (SSSR count). The van der Waals surface area contributed by atoms with E-state index in [4.69, 9.17) is 25.5 Å². The fourth-order valence-corrected chi connectivity index (χ4v) is 7.28. The summed E-state index contributed by atoms with van der Waals surface area (Å²) < 4.78 is 20.3. The number of piperidine rings is 1. The van der Waals surface area contributed by atoms with Gasteiger partial charge in [-0.1, -0.05) is 33.6 Å². The normalized spacial score (nSPS) is 35.5. The van der Waals surface area contributed by atoms with E-state index in [1.165, 1.54) is 19.3 Å². The first-order chi connectivity index (χ1) is 14.6. The van der Waals surface area contributed by atoms with E-state index in [-0.39, 0.29) is 41.2 Å². The number of halogens is 1. The number of nitrogens with zero attached hydrogens (tertiary/aromatic N) is 1. The summed E-state index contributed by atoms with van der Waals surface area (Å²) in [5, 5.41) is 0.128. The van der Waals surface area contributed by atoms with Gasteiger partial charge in [0.1, 0.15) is 12.2 Å². The van der Waals surface area contributed by atoms with Crippen molar-refractivity contribution in [2.75, 3.05) is 12.4 Å². The summed E-state index contributed by atoms with van der Waals surface area (Å²) in [7, 11) is -1.99. The van der Waals surface area contributed by atoms with E-state index in [0.717, 1.165) is 38.5 Å². The van der Waals surface area contributed by atoms with Crippen LogP contribution in [0.4, 0.5) is 0 Å². The topological polar surface area (TPSA) is 48.0 Å². The molecule has 0 radical (unpaired) electrons. The van der Waals surface area contributed by atoms with E-state index < -0.39 is 14.1 Å². The molecular formula is C24H42ClNO4Si. The van der Waals surface area contributed by atoms with E-state index >= 15 is 0 Å².